The van der Waals surface area contributed by atoms with Gasteiger partial charge in [0.05, 0.1) is 0 Å². The number of aromatic nitrogens is 1. The molecular formula is C8H8ClNO2. The van der Waals surface area contributed by atoms with Crippen LogP contribution in [0.5, 0.6) is 5.75 Å². The van der Waals surface area contributed by atoms with Crippen LogP contribution in [0.2, 0.25) is 5.15 Å². The molecule has 1 aromatic heterocycles. The maximum atomic E-state index is 11.1. The van der Waals surface area contributed by atoms with Gasteiger partial charge in [0.25, 0.3) is 0 Å². The molecule has 0 aliphatic heterocycles. The zero-order valence-corrected chi connectivity index (χ0v) is 7.30. The highest BCUT2D eigenvalue weighted by Crippen LogP contribution is 2.18. The molecule has 0 aromatic carbocycles. The van der Waals surface area contributed by atoms with Crippen molar-refractivity contribution in [2.45, 2.75) is 13.3 Å². The van der Waals surface area contributed by atoms with E-state index in [1.54, 1.807) is 6.92 Å². The maximum Gasteiger partial charge on any atom is 0.184 e. The Morgan fingerprint density at radius 3 is 2.92 bits per heavy atom. The Balaban J connectivity index is 3.13. The summed E-state index contributed by atoms with van der Waals surface area (Å²) in [5.41, 5.74) is 0.0463. The molecule has 1 aromatic rings. The molecule has 12 heavy (non-hydrogen) atoms. The molecule has 0 amide bonds. The maximum absolute atomic E-state index is 11.1. The summed E-state index contributed by atoms with van der Waals surface area (Å²) in [7, 11) is 0. The van der Waals surface area contributed by atoms with Crippen molar-refractivity contribution >= 4 is 17.4 Å². The van der Waals surface area contributed by atoms with E-state index in [4.69, 9.17) is 11.6 Å². The highest BCUT2D eigenvalue weighted by atomic mass is 35.5. The van der Waals surface area contributed by atoms with Crippen LogP contribution in [0.15, 0.2) is 12.1 Å². The first kappa shape index (κ1) is 9.00. The van der Waals surface area contributed by atoms with Crippen LogP contribution in [0.1, 0.15) is 23.8 Å². The zero-order valence-electron chi connectivity index (χ0n) is 6.54. The molecule has 0 bridgehead atoms. The standard InChI is InChI=1S/C8H8ClNO2/c1-2-5(11)8-6(12)3-4-7(9)10-8/h3-4,12H,2H2,1H3. The fraction of sp³-hybridized carbons (Fsp3) is 0.250. The number of nitrogens with zero attached hydrogens (tertiary/aromatic N) is 1. The van der Waals surface area contributed by atoms with Crippen LogP contribution in [-0.4, -0.2) is 15.9 Å². The number of carbonyl (C=O) groups is 1. The van der Waals surface area contributed by atoms with Crippen LogP contribution in [0.3, 0.4) is 0 Å². The fourth-order valence-electron chi connectivity index (χ4n) is 0.801. The van der Waals surface area contributed by atoms with Gasteiger partial charge in [-0.25, -0.2) is 4.98 Å². The average Bonchev–Trinajstić information content (AvgIpc) is 2.08. The Morgan fingerprint density at radius 1 is 1.67 bits per heavy atom. The first-order valence-corrected chi connectivity index (χ1v) is 3.91. The predicted octanol–water partition coefficient (Wildman–Crippen LogP) is 2.03. The summed E-state index contributed by atoms with van der Waals surface area (Å²) in [5.74, 6) is -0.332. The Bertz CT molecular complexity index is 312. The highest BCUT2D eigenvalue weighted by molar-refractivity contribution is 6.29. The number of pyridine rings is 1. The smallest absolute Gasteiger partial charge is 0.184 e. The summed E-state index contributed by atoms with van der Waals surface area (Å²) >= 11 is 5.54. The molecule has 0 unspecified atom stereocenters. The molecule has 3 nitrogen and oxygen atoms in total. The molecule has 0 fully saturated rings. The number of carbonyl (C=O) groups excluding carboxylic acids is 1. The number of rotatable bonds is 2. The number of Topliss-reactive ketones (excluding diaryl/α,β-unsaturated/α-hetero) is 1. The molecule has 0 aliphatic rings. The fourth-order valence-corrected chi connectivity index (χ4v) is 0.948. The van der Waals surface area contributed by atoms with Crippen LogP contribution < -0.4 is 0 Å². The van der Waals surface area contributed by atoms with Gasteiger partial charge < -0.3 is 5.11 Å². The van der Waals surface area contributed by atoms with Crippen LogP contribution in [-0.2, 0) is 0 Å². The second kappa shape index (κ2) is 3.54. The molecule has 4 heteroatoms. The third-order valence-corrected chi connectivity index (χ3v) is 1.64. The molecule has 1 heterocycles. The van der Waals surface area contributed by atoms with E-state index in [9.17, 15) is 9.90 Å². The first-order chi connectivity index (χ1) is 5.65. The van der Waals surface area contributed by atoms with E-state index < -0.39 is 0 Å². The third-order valence-electron chi connectivity index (χ3n) is 1.43. The van der Waals surface area contributed by atoms with E-state index in [0.717, 1.165) is 0 Å². The largest absolute Gasteiger partial charge is 0.506 e. The lowest BCUT2D eigenvalue weighted by atomic mass is 10.2. The molecule has 0 aliphatic carbocycles. The van der Waals surface area contributed by atoms with Crippen LogP contribution in [0, 0.1) is 0 Å². The van der Waals surface area contributed by atoms with E-state index in [1.807, 2.05) is 0 Å². The second-order valence-corrected chi connectivity index (χ2v) is 2.67. The van der Waals surface area contributed by atoms with Gasteiger partial charge in [-0.3, -0.25) is 4.79 Å². The summed E-state index contributed by atoms with van der Waals surface area (Å²) in [5, 5.41) is 9.41. The van der Waals surface area contributed by atoms with Crippen molar-refractivity contribution in [1.82, 2.24) is 4.98 Å². The number of hydrogen-bond acceptors (Lipinski definition) is 3. The lowest BCUT2D eigenvalue weighted by molar-refractivity contribution is 0.0980. The van der Waals surface area contributed by atoms with Crippen LogP contribution in [0.25, 0.3) is 0 Å². The zero-order chi connectivity index (χ0) is 9.14. The monoisotopic (exact) mass is 185 g/mol. The second-order valence-electron chi connectivity index (χ2n) is 2.28. The van der Waals surface area contributed by atoms with Crippen molar-refractivity contribution < 1.29 is 9.90 Å². The van der Waals surface area contributed by atoms with Gasteiger partial charge in [0.1, 0.15) is 16.6 Å². The molecule has 0 saturated carbocycles. The van der Waals surface area contributed by atoms with Gasteiger partial charge in [0.15, 0.2) is 5.78 Å². The topological polar surface area (TPSA) is 50.2 Å². The van der Waals surface area contributed by atoms with Gasteiger partial charge in [-0.1, -0.05) is 18.5 Å². The van der Waals surface area contributed by atoms with Crippen molar-refractivity contribution in [1.29, 1.82) is 0 Å². The van der Waals surface area contributed by atoms with Gasteiger partial charge >= 0.3 is 0 Å². The van der Waals surface area contributed by atoms with Gasteiger partial charge in [-0.05, 0) is 12.1 Å². The van der Waals surface area contributed by atoms with E-state index in [-0.39, 0.29) is 22.4 Å². The van der Waals surface area contributed by atoms with Crippen LogP contribution in [0.4, 0.5) is 0 Å². The molecule has 0 atom stereocenters. The third kappa shape index (κ3) is 1.74. The Labute approximate surface area is 75.0 Å². The minimum absolute atomic E-state index is 0.0463. The summed E-state index contributed by atoms with van der Waals surface area (Å²) < 4.78 is 0. The molecular weight excluding hydrogens is 178 g/mol. The summed E-state index contributed by atoms with van der Waals surface area (Å²) in [4.78, 5) is 14.8. The highest BCUT2D eigenvalue weighted by Gasteiger charge is 2.10. The number of hydrogen-bond donors (Lipinski definition) is 1. The van der Waals surface area contributed by atoms with Crippen molar-refractivity contribution in [3.8, 4) is 5.75 Å². The summed E-state index contributed by atoms with van der Waals surface area (Å²) in [6.45, 7) is 1.70. The Hall–Kier alpha value is -1.09. The molecule has 1 N–H and O–H groups in total. The normalized spacial score (nSPS) is 9.83. The number of aromatic hydroxyl groups is 1. The van der Waals surface area contributed by atoms with Crippen molar-refractivity contribution in [3.63, 3.8) is 0 Å². The van der Waals surface area contributed by atoms with Gasteiger partial charge in [-0.2, -0.15) is 0 Å². The van der Waals surface area contributed by atoms with Crippen molar-refractivity contribution in [3.05, 3.63) is 23.0 Å². The quantitative estimate of drug-likeness (QED) is 0.567. The van der Waals surface area contributed by atoms with E-state index in [1.165, 1.54) is 12.1 Å². The van der Waals surface area contributed by atoms with Gasteiger partial charge in [0.2, 0.25) is 0 Å². The molecule has 1 rings (SSSR count). The minimum atomic E-state index is -0.213. The first-order valence-electron chi connectivity index (χ1n) is 3.54. The summed E-state index contributed by atoms with van der Waals surface area (Å²) in [6, 6.07) is 2.79. The molecule has 0 saturated heterocycles. The van der Waals surface area contributed by atoms with Crippen molar-refractivity contribution in [2.75, 3.05) is 0 Å². The number of ketones is 1. The minimum Gasteiger partial charge on any atom is -0.506 e. The van der Waals surface area contributed by atoms with Crippen molar-refractivity contribution in [2.24, 2.45) is 0 Å². The molecule has 0 spiro atoms. The predicted molar refractivity (Wildman–Crippen MR) is 45.5 cm³/mol. The van der Waals surface area contributed by atoms with Gasteiger partial charge in [-0.15, -0.1) is 0 Å². The van der Waals surface area contributed by atoms with Crippen LogP contribution >= 0.6 is 11.6 Å². The van der Waals surface area contributed by atoms with Gasteiger partial charge in [0, 0.05) is 6.42 Å². The lowest BCUT2D eigenvalue weighted by Gasteiger charge is -2.00. The van der Waals surface area contributed by atoms with E-state index >= 15 is 0 Å². The summed E-state index contributed by atoms with van der Waals surface area (Å²) in [6.07, 6.45) is 0.306. The Kier molecular flexibility index (Phi) is 2.65. The lowest BCUT2D eigenvalue weighted by Crippen LogP contribution is -2.00. The SMILES string of the molecule is CCC(=O)c1nc(Cl)ccc1O. The average molecular weight is 186 g/mol. The van der Waals surface area contributed by atoms with E-state index in [2.05, 4.69) is 4.98 Å². The molecule has 64 valence electrons. The number of halogens is 1. The Morgan fingerprint density at radius 2 is 2.33 bits per heavy atom. The van der Waals surface area contributed by atoms with E-state index in [0.29, 0.717) is 6.42 Å². The molecule has 0 radical (unpaired) electrons.